The van der Waals surface area contributed by atoms with Crippen LogP contribution < -0.4 is 5.46 Å². The molecule has 5 rings (SSSR count). The number of hydrogen-bond acceptors (Lipinski definition) is 6. The molecular formula is C24H33BN4O4. The molecule has 3 fully saturated rings. The largest absolute Gasteiger partial charge is 0.496 e. The van der Waals surface area contributed by atoms with E-state index < -0.39 is 12.7 Å². The first-order chi connectivity index (χ1) is 15.3. The molecule has 2 aliphatic heterocycles. The van der Waals surface area contributed by atoms with E-state index in [-0.39, 0.29) is 17.3 Å². The third-order valence-corrected chi connectivity index (χ3v) is 7.33. The zero-order valence-electron chi connectivity index (χ0n) is 20.5. The van der Waals surface area contributed by atoms with E-state index in [1.165, 1.54) is 0 Å². The number of fused-ring (bicyclic) bond motifs is 1. The van der Waals surface area contributed by atoms with Crippen molar-refractivity contribution in [1.29, 1.82) is 0 Å². The van der Waals surface area contributed by atoms with Gasteiger partial charge >= 0.3 is 13.2 Å². The Labute approximate surface area is 195 Å². The van der Waals surface area contributed by atoms with Crippen LogP contribution in [0.15, 0.2) is 30.6 Å². The Bertz CT molecular complexity index is 1030. The van der Waals surface area contributed by atoms with Gasteiger partial charge in [0.15, 0.2) is 5.82 Å². The van der Waals surface area contributed by atoms with Crippen LogP contribution in [-0.4, -0.2) is 62.8 Å². The average molecular weight is 452 g/mol. The highest BCUT2D eigenvalue weighted by atomic mass is 16.7. The maximum absolute atomic E-state index is 12.3. The van der Waals surface area contributed by atoms with Crippen LogP contribution in [0.3, 0.4) is 0 Å². The third-order valence-electron chi connectivity index (χ3n) is 7.33. The van der Waals surface area contributed by atoms with Crippen molar-refractivity contribution in [2.75, 3.05) is 13.1 Å². The van der Waals surface area contributed by atoms with Gasteiger partial charge in [-0.05, 0) is 72.4 Å². The van der Waals surface area contributed by atoms with Gasteiger partial charge in [-0.3, -0.25) is 0 Å². The third kappa shape index (κ3) is 4.06. The zero-order chi connectivity index (χ0) is 23.8. The lowest BCUT2D eigenvalue weighted by molar-refractivity contribution is 0.00578. The first-order valence-corrected chi connectivity index (χ1v) is 11.7. The molecule has 3 aliphatic rings. The lowest BCUT2D eigenvalue weighted by Crippen LogP contribution is -2.41. The number of aromatic nitrogens is 3. The van der Waals surface area contributed by atoms with Crippen molar-refractivity contribution in [3.63, 3.8) is 0 Å². The first kappa shape index (κ1) is 22.4. The molecule has 2 aromatic rings. The molecule has 3 atom stereocenters. The second-order valence-electron chi connectivity index (χ2n) is 11.5. The molecule has 1 saturated carbocycles. The number of piperidine rings is 1. The zero-order valence-corrected chi connectivity index (χ0v) is 20.5. The lowest BCUT2D eigenvalue weighted by atomic mass is 9.80. The summed E-state index contributed by atoms with van der Waals surface area (Å²) in [5, 5.41) is 4.78. The van der Waals surface area contributed by atoms with E-state index in [0.29, 0.717) is 17.8 Å². The molecule has 1 unspecified atom stereocenters. The van der Waals surface area contributed by atoms with Crippen LogP contribution in [0.4, 0.5) is 4.79 Å². The van der Waals surface area contributed by atoms with E-state index >= 15 is 0 Å². The minimum Gasteiger partial charge on any atom is -0.444 e. The molecule has 8 nitrogen and oxygen atoms in total. The molecule has 33 heavy (non-hydrogen) atoms. The number of carbonyl (C=O) groups is 1. The molecule has 2 saturated heterocycles. The topological polar surface area (TPSA) is 78.7 Å². The van der Waals surface area contributed by atoms with E-state index in [1.807, 2.05) is 76.4 Å². The fourth-order valence-corrected chi connectivity index (χ4v) is 4.74. The van der Waals surface area contributed by atoms with Gasteiger partial charge in [0.2, 0.25) is 0 Å². The summed E-state index contributed by atoms with van der Waals surface area (Å²) in [7, 11) is -0.427. The fraction of sp³-hybridized carbons (Fsp3) is 0.625. The van der Waals surface area contributed by atoms with Crippen LogP contribution >= 0.6 is 0 Å². The Morgan fingerprint density at radius 1 is 1.09 bits per heavy atom. The van der Waals surface area contributed by atoms with Crippen molar-refractivity contribution in [1.82, 2.24) is 19.7 Å². The summed E-state index contributed by atoms with van der Waals surface area (Å²) in [4.78, 5) is 18.7. The van der Waals surface area contributed by atoms with E-state index in [4.69, 9.17) is 19.1 Å². The summed E-state index contributed by atoms with van der Waals surface area (Å²) in [6.07, 6.45) is 3.53. The Hall–Kier alpha value is -2.39. The van der Waals surface area contributed by atoms with Crippen LogP contribution in [0.25, 0.3) is 5.82 Å². The van der Waals surface area contributed by atoms with E-state index in [9.17, 15) is 4.79 Å². The minimum atomic E-state index is -0.465. The second kappa shape index (κ2) is 7.31. The fourth-order valence-electron chi connectivity index (χ4n) is 4.74. The monoisotopic (exact) mass is 452 g/mol. The number of hydrogen-bond donors (Lipinski definition) is 0. The summed E-state index contributed by atoms with van der Waals surface area (Å²) < 4.78 is 19.5. The van der Waals surface area contributed by atoms with Gasteiger partial charge in [0.05, 0.1) is 16.9 Å². The summed E-state index contributed by atoms with van der Waals surface area (Å²) in [6.45, 7) is 15.3. The Kier molecular flexibility index (Phi) is 4.96. The quantitative estimate of drug-likeness (QED) is 0.666. The standard InChI is InChI=1S/C24H33BN4O4/c1-22(2,3)31-21(30)28-13-16-17(14-28)20(16)18-10-11-29(27-18)19-9-8-15(12-26-19)25-32-23(4,5)24(6,7)33-25/h8-12,16-17,20H,13-14H2,1-7H3/t16-,17+,20?. The molecule has 4 heterocycles. The molecule has 1 amide bonds. The van der Waals surface area contributed by atoms with Gasteiger partial charge < -0.3 is 18.9 Å². The number of carbonyl (C=O) groups excluding carboxylic acids is 1. The van der Waals surface area contributed by atoms with Crippen molar-refractivity contribution in [2.45, 2.75) is 71.2 Å². The number of amides is 1. The van der Waals surface area contributed by atoms with E-state index in [1.54, 1.807) is 6.20 Å². The number of rotatable bonds is 3. The highest BCUT2D eigenvalue weighted by Gasteiger charge is 2.58. The van der Waals surface area contributed by atoms with E-state index in [2.05, 4.69) is 11.1 Å². The molecule has 0 spiro atoms. The van der Waals surface area contributed by atoms with Crippen LogP contribution in [0.5, 0.6) is 0 Å². The normalized spacial score (nSPS) is 27.5. The van der Waals surface area contributed by atoms with Crippen molar-refractivity contribution in [2.24, 2.45) is 11.8 Å². The maximum atomic E-state index is 12.3. The highest BCUT2D eigenvalue weighted by Crippen LogP contribution is 2.57. The molecule has 0 aromatic carbocycles. The van der Waals surface area contributed by atoms with Crippen molar-refractivity contribution in [3.8, 4) is 5.82 Å². The number of likely N-dealkylation sites (tertiary alicyclic amines) is 1. The first-order valence-electron chi connectivity index (χ1n) is 11.7. The minimum absolute atomic E-state index is 0.217. The SMILES string of the molecule is CC(C)(C)OC(=O)N1C[C@@H]2C(c3ccn(-c4ccc(B5OC(C)(C)C(C)(C)O5)cn4)n3)[C@@H]2C1. The van der Waals surface area contributed by atoms with Crippen molar-refractivity contribution >= 4 is 18.7 Å². The summed E-state index contributed by atoms with van der Waals surface area (Å²) in [6, 6.07) is 5.98. The molecule has 2 aromatic heterocycles. The van der Waals surface area contributed by atoms with Crippen LogP contribution in [-0.2, 0) is 14.0 Å². The van der Waals surface area contributed by atoms with Gasteiger partial charge in [0.1, 0.15) is 5.60 Å². The summed E-state index contributed by atoms with van der Waals surface area (Å²) in [5.41, 5.74) is 0.727. The molecule has 0 N–H and O–H groups in total. The Morgan fingerprint density at radius 3 is 2.27 bits per heavy atom. The predicted octanol–water partition coefficient (Wildman–Crippen LogP) is 3.15. The van der Waals surface area contributed by atoms with Crippen LogP contribution in [0, 0.1) is 11.8 Å². The maximum Gasteiger partial charge on any atom is 0.496 e. The van der Waals surface area contributed by atoms with Gasteiger partial charge in [0, 0.05) is 36.9 Å². The van der Waals surface area contributed by atoms with E-state index in [0.717, 1.165) is 30.1 Å². The van der Waals surface area contributed by atoms with Gasteiger partial charge in [-0.15, -0.1) is 0 Å². The van der Waals surface area contributed by atoms with Crippen molar-refractivity contribution < 1.29 is 18.8 Å². The van der Waals surface area contributed by atoms with Gasteiger partial charge in [-0.1, -0.05) is 6.07 Å². The van der Waals surface area contributed by atoms with Gasteiger partial charge in [0.25, 0.3) is 0 Å². The average Bonchev–Trinajstić information content (AvgIpc) is 3.08. The predicted molar refractivity (Wildman–Crippen MR) is 125 cm³/mol. The molecular weight excluding hydrogens is 419 g/mol. The second-order valence-corrected chi connectivity index (χ2v) is 11.5. The smallest absolute Gasteiger partial charge is 0.444 e. The van der Waals surface area contributed by atoms with Gasteiger partial charge in [-0.2, -0.15) is 5.10 Å². The molecule has 176 valence electrons. The van der Waals surface area contributed by atoms with Gasteiger partial charge in [-0.25, -0.2) is 14.5 Å². The summed E-state index contributed by atoms with van der Waals surface area (Å²) in [5.74, 6) is 2.07. The number of nitrogens with zero attached hydrogens (tertiary/aromatic N) is 4. The molecule has 0 radical (unpaired) electrons. The number of pyridine rings is 1. The molecule has 1 aliphatic carbocycles. The van der Waals surface area contributed by atoms with Crippen LogP contribution in [0.1, 0.15) is 60.1 Å². The lowest BCUT2D eigenvalue weighted by Gasteiger charge is -2.32. The molecule has 0 bridgehead atoms. The Morgan fingerprint density at radius 2 is 1.73 bits per heavy atom. The summed E-state index contributed by atoms with van der Waals surface area (Å²) >= 11 is 0. The number of ether oxygens (including phenoxy) is 1. The Balaban J connectivity index is 1.21. The van der Waals surface area contributed by atoms with Crippen LogP contribution in [0.2, 0.25) is 0 Å². The van der Waals surface area contributed by atoms with Crippen molar-refractivity contribution in [3.05, 3.63) is 36.3 Å². The molecule has 9 heteroatoms. The highest BCUT2D eigenvalue weighted by molar-refractivity contribution is 6.62.